The summed E-state index contributed by atoms with van der Waals surface area (Å²) in [5.74, 6) is 1.78. The van der Waals surface area contributed by atoms with E-state index < -0.39 is 0 Å². The van der Waals surface area contributed by atoms with Crippen LogP contribution in [-0.2, 0) is 6.54 Å². The van der Waals surface area contributed by atoms with E-state index >= 15 is 0 Å². The number of hydrogen-bond donors (Lipinski definition) is 1. The lowest BCUT2D eigenvalue weighted by atomic mass is 9.80. The molecule has 1 aromatic rings. The highest BCUT2D eigenvalue weighted by atomic mass is 15.3. The fraction of sp³-hybridized carbons (Fsp3) is 0.786. The molecule has 1 N–H and O–H groups in total. The van der Waals surface area contributed by atoms with E-state index in [4.69, 9.17) is 0 Å². The van der Waals surface area contributed by atoms with Crippen LogP contribution in [0.3, 0.4) is 0 Å². The summed E-state index contributed by atoms with van der Waals surface area (Å²) in [7, 11) is 0. The molecule has 0 spiro atoms. The molecule has 1 heterocycles. The molecule has 0 radical (unpaired) electrons. The first-order chi connectivity index (χ1) is 8.19. The molecule has 3 heteroatoms. The van der Waals surface area contributed by atoms with Gasteiger partial charge >= 0.3 is 0 Å². The minimum atomic E-state index is 0.652. The molecule has 17 heavy (non-hydrogen) atoms. The molecule has 0 saturated heterocycles. The molecule has 0 aliphatic heterocycles. The van der Waals surface area contributed by atoms with Crippen molar-refractivity contribution in [1.29, 1.82) is 0 Å². The van der Waals surface area contributed by atoms with Gasteiger partial charge in [0.1, 0.15) is 0 Å². The van der Waals surface area contributed by atoms with E-state index in [1.807, 2.05) is 10.9 Å². The van der Waals surface area contributed by atoms with Crippen molar-refractivity contribution < 1.29 is 0 Å². The largest absolute Gasteiger partial charge is 0.380 e. The van der Waals surface area contributed by atoms with Crippen molar-refractivity contribution in [2.24, 2.45) is 11.8 Å². The monoisotopic (exact) mass is 235 g/mol. The fourth-order valence-corrected chi connectivity index (χ4v) is 2.78. The second-order valence-electron chi connectivity index (χ2n) is 5.58. The summed E-state index contributed by atoms with van der Waals surface area (Å²) < 4.78 is 1.97. The number of rotatable bonds is 4. The Labute approximate surface area is 105 Å². The standard InChI is InChI=1S/C14H25N3/c1-4-17-10-14(9-15-17)16-13-7-5-12(6-8-13)11(2)3/h9-13,16H,4-8H2,1-3H3. The predicted octanol–water partition coefficient (Wildman–Crippen LogP) is 3.53. The maximum Gasteiger partial charge on any atom is 0.0728 e. The van der Waals surface area contributed by atoms with Gasteiger partial charge in [-0.1, -0.05) is 13.8 Å². The minimum Gasteiger partial charge on any atom is -0.380 e. The topological polar surface area (TPSA) is 29.9 Å². The van der Waals surface area contributed by atoms with Crippen LogP contribution in [0.2, 0.25) is 0 Å². The molecule has 1 fully saturated rings. The van der Waals surface area contributed by atoms with Gasteiger partial charge in [0.15, 0.2) is 0 Å². The molecule has 3 nitrogen and oxygen atoms in total. The zero-order chi connectivity index (χ0) is 12.3. The Morgan fingerprint density at radius 2 is 2.06 bits per heavy atom. The Bertz CT molecular complexity index is 335. The Morgan fingerprint density at radius 3 is 2.59 bits per heavy atom. The average Bonchev–Trinajstić information content (AvgIpc) is 2.77. The minimum absolute atomic E-state index is 0.652. The molecule has 1 aliphatic carbocycles. The lowest BCUT2D eigenvalue weighted by molar-refractivity contribution is 0.267. The van der Waals surface area contributed by atoms with Crippen molar-refractivity contribution in [3.05, 3.63) is 12.4 Å². The van der Waals surface area contributed by atoms with E-state index in [9.17, 15) is 0 Å². The van der Waals surface area contributed by atoms with Crippen LogP contribution in [0, 0.1) is 11.8 Å². The second-order valence-corrected chi connectivity index (χ2v) is 5.58. The van der Waals surface area contributed by atoms with Gasteiger partial charge in [-0.15, -0.1) is 0 Å². The summed E-state index contributed by atoms with van der Waals surface area (Å²) >= 11 is 0. The van der Waals surface area contributed by atoms with Gasteiger partial charge in [0.2, 0.25) is 0 Å². The Kier molecular flexibility index (Phi) is 4.08. The summed E-state index contributed by atoms with van der Waals surface area (Å²) in [5, 5.41) is 7.91. The molecule has 2 rings (SSSR count). The van der Waals surface area contributed by atoms with Crippen LogP contribution in [0.1, 0.15) is 46.5 Å². The molecule has 1 saturated carbocycles. The third-order valence-electron chi connectivity index (χ3n) is 4.04. The summed E-state index contributed by atoms with van der Waals surface area (Å²) in [4.78, 5) is 0. The van der Waals surface area contributed by atoms with E-state index in [1.165, 1.54) is 31.4 Å². The van der Waals surface area contributed by atoms with Crippen molar-refractivity contribution >= 4 is 5.69 Å². The maximum atomic E-state index is 4.30. The smallest absolute Gasteiger partial charge is 0.0728 e. The SMILES string of the molecule is CCn1cc(NC2CCC(C(C)C)CC2)cn1. The van der Waals surface area contributed by atoms with Crippen LogP contribution in [0.5, 0.6) is 0 Å². The summed E-state index contributed by atoms with van der Waals surface area (Å²) in [6.07, 6.45) is 9.40. The van der Waals surface area contributed by atoms with Crippen molar-refractivity contribution in [2.45, 2.75) is 59.0 Å². The highest BCUT2D eigenvalue weighted by Gasteiger charge is 2.23. The number of aromatic nitrogens is 2. The maximum absolute atomic E-state index is 4.30. The van der Waals surface area contributed by atoms with E-state index in [1.54, 1.807) is 0 Å². The van der Waals surface area contributed by atoms with Crippen LogP contribution in [0.25, 0.3) is 0 Å². The van der Waals surface area contributed by atoms with E-state index in [2.05, 4.69) is 37.4 Å². The van der Waals surface area contributed by atoms with Crippen molar-refractivity contribution in [3.8, 4) is 0 Å². The van der Waals surface area contributed by atoms with E-state index in [0.29, 0.717) is 6.04 Å². The van der Waals surface area contributed by atoms with E-state index in [-0.39, 0.29) is 0 Å². The molecule has 0 aromatic carbocycles. The van der Waals surface area contributed by atoms with Gasteiger partial charge in [-0.3, -0.25) is 4.68 Å². The van der Waals surface area contributed by atoms with Crippen molar-refractivity contribution in [1.82, 2.24) is 9.78 Å². The van der Waals surface area contributed by atoms with Crippen LogP contribution in [0.4, 0.5) is 5.69 Å². The highest BCUT2D eigenvalue weighted by molar-refractivity contribution is 5.39. The summed E-state index contributed by atoms with van der Waals surface area (Å²) in [6, 6.07) is 0.652. The molecular weight excluding hydrogens is 210 g/mol. The van der Waals surface area contributed by atoms with Crippen molar-refractivity contribution in [3.63, 3.8) is 0 Å². The van der Waals surface area contributed by atoms with Crippen molar-refractivity contribution in [2.75, 3.05) is 5.32 Å². The quantitative estimate of drug-likeness (QED) is 0.865. The first-order valence-corrected chi connectivity index (χ1v) is 6.98. The van der Waals surface area contributed by atoms with Gasteiger partial charge in [0, 0.05) is 18.8 Å². The van der Waals surface area contributed by atoms with Gasteiger partial charge in [-0.2, -0.15) is 5.10 Å². The summed E-state index contributed by atoms with van der Waals surface area (Å²) in [6.45, 7) is 7.76. The highest BCUT2D eigenvalue weighted by Crippen LogP contribution is 2.31. The third kappa shape index (κ3) is 3.24. The molecule has 0 bridgehead atoms. The molecule has 1 aliphatic rings. The van der Waals surface area contributed by atoms with Crippen LogP contribution < -0.4 is 5.32 Å². The number of nitrogens with zero attached hydrogens (tertiary/aromatic N) is 2. The van der Waals surface area contributed by atoms with Gasteiger partial charge in [-0.25, -0.2) is 0 Å². The van der Waals surface area contributed by atoms with Crippen LogP contribution >= 0.6 is 0 Å². The third-order valence-corrected chi connectivity index (χ3v) is 4.04. The molecule has 1 aromatic heterocycles. The zero-order valence-corrected chi connectivity index (χ0v) is 11.3. The molecule has 0 amide bonds. The fourth-order valence-electron chi connectivity index (χ4n) is 2.78. The number of anilines is 1. The van der Waals surface area contributed by atoms with Gasteiger partial charge < -0.3 is 5.32 Å². The Balaban J connectivity index is 1.81. The van der Waals surface area contributed by atoms with Gasteiger partial charge in [0.25, 0.3) is 0 Å². The van der Waals surface area contributed by atoms with Gasteiger partial charge in [0.05, 0.1) is 11.9 Å². The Hall–Kier alpha value is -0.990. The van der Waals surface area contributed by atoms with E-state index in [0.717, 1.165) is 18.4 Å². The Morgan fingerprint density at radius 1 is 1.35 bits per heavy atom. The predicted molar refractivity (Wildman–Crippen MR) is 72.1 cm³/mol. The average molecular weight is 235 g/mol. The second kappa shape index (κ2) is 5.56. The number of nitrogens with one attached hydrogen (secondary N) is 1. The molecular formula is C14H25N3. The number of hydrogen-bond acceptors (Lipinski definition) is 2. The molecule has 0 atom stereocenters. The first-order valence-electron chi connectivity index (χ1n) is 6.98. The zero-order valence-electron chi connectivity index (χ0n) is 11.3. The number of aryl methyl sites for hydroxylation is 1. The lowest BCUT2D eigenvalue weighted by Crippen LogP contribution is -2.27. The van der Waals surface area contributed by atoms with Crippen LogP contribution in [0.15, 0.2) is 12.4 Å². The van der Waals surface area contributed by atoms with Gasteiger partial charge in [-0.05, 0) is 44.4 Å². The normalized spacial score (nSPS) is 25.2. The lowest BCUT2D eigenvalue weighted by Gasteiger charge is -2.31. The molecule has 96 valence electrons. The van der Waals surface area contributed by atoms with Crippen LogP contribution in [-0.4, -0.2) is 15.8 Å². The molecule has 0 unspecified atom stereocenters. The first kappa shape index (κ1) is 12.5. The summed E-state index contributed by atoms with van der Waals surface area (Å²) in [5.41, 5.74) is 1.18.